The Morgan fingerprint density at radius 3 is 1.05 bits per heavy atom. The Hall–Kier alpha value is -1.87. The molecule has 13 N–H and O–H groups in total. The van der Waals surface area contributed by atoms with Crippen LogP contribution in [-0.2, 0) is 14.4 Å². The molecular formula is C30H65N9O4. The average molecular weight is 616 g/mol. The van der Waals surface area contributed by atoms with Gasteiger partial charge in [-0.25, -0.2) is 0 Å². The lowest BCUT2D eigenvalue weighted by atomic mass is 9.93. The van der Waals surface area contributed by atoms with E-state index in [1.807, 2.05) is 0 Å². The van der Waals surface area contributed by atoms with E-state index in [9.17, 15) is 19.5 Å². The fourth-order valence-corrected chi connectivity index (χ4v) is 4.38. The summed E-state index contributed by atoms with van der Waals surface area (Å²) in [6.45, 7) is 8.57. The molecule has 0 atom stereocenters. The van der Waals surface area contributed by atoms with E-state index in [1.165, 1.54) is 0 Å². The number of carbonyl (C=O) groups excluding carboxylic acids is 3. The van der Waals surface area contributed by atoms with Crippen molar-refractivity contribution in [3.63, 3.8) is 0 Å². The standard InChI is InChI=1S/C30H65N9O4/c31-13-1-4-16-34-19-7-10-22-37-27(40)25-30(43,29(42)39-24-12-9-21-36-18-6-3-15-33)26-28(41)38-23-11-8-20-35-17-5-2-14-32/h34-36,43H,1-26,31-33H2,(H,37,40)(H,38,41)(H,39,42). The molecule has 0 spiro atoms. The van der Waals surface area contributed by atoms with Crippen molar-refractivity contribution < 1.29 is 19.5 Å². The van der Waals surface area contributed by atoms with Crippen molar-refractivity contribution in [3.05, 3.63) is 0 Å². The van der Waals surface area contributed by atoms with Crippen molar-refractivity contribution >= 4 is 17.7 Å². The van der Waals surface area contributed by atoms with Gasteiger partial charge in [0.1, 0.15) is 0 Å². The summed E-state index contributed by atoms with van der Waals surface area (Å²) in [5.74, 6) is -1.61. The normalized spacial score (nSPS) is 11.4. The van der Waals surface area contributed by atoms with Gasteiger partial charge in [0, 0.05) is 19.6 Å². The van der Waals surface area contributed by atoms with Gasteiger partial charge in [-0.15, -0.1) is 0 Å². The van der Waals surface area contributed by atoms with Crippen LogP contribution in [0, 0.1) is 0 Å². The van der Waals surface area contributed by atoms with Crippen LogP contribution >= 0.6 is 0 Å². The van der Waals surface area contributed by atoms with E-state index in [0.717, 1.165) is 110 Å². The van der Waals surface area contributed by atoms with Gasteiger partial charge in [0.25, 0.3) is 5.91 Å². The van der Waals surface area contributed by atoms with Gasteiger partial charge in [0.2, 0.25) is 11.8 Å². The van der Waals surface area contributed by atoms with Gasteiger partial charge in [-0.2, -0.15) is 0 Å². The second-order valence-corrected chi connectivity index (χ2v) is 11.2. The molecule has 13 nitrogen and oxygen atoms in total. The Kier molecular flexibility index (Phi) is 28.9. The Morgan fingerprint density at radius 1 is 0.442 bits per heavy atom. The summed E-state index contributed by atoms with van der Waals surface area (Å²) in [4.78, 5) is 38.3. The van der Waals surface area contributed by atoms with Crippen LogP contribution in [0.4, 0.5) is 0 Å². The predicted octanol–water partition coefficient (Wildman–Crippen LogP) is -0.828. The van der Waals surface area contributed by atoms with Gasteiger partial charge >= 0.3 is 0 Å². The first-order chi connectivity index (χ1) is 20.9. The SMILES string of the molecule is NCCCCNCCCCNC(=O)CC(O)(CC(=O)NCCCCNCCCCN)C(=O)NCCCCNCCCCN. The zero-order chi connectivity index (χ0) is 31.9. The minimum absolute atomic E-state index is 0.353. The zero-order valence-corrected chi connectivity index (χ0v) is 26.8. The minimum atomic E-state index is -2.12. The van der Waals surface area contributed by atoms with Crippen LogP contribution in [0.5, 0.6) is 0 Å². The maximum Gasteiger partial charge on any atom is 0.253 e. The molecule has 0 aliphatic heterocycles. The van der Waals surface area contributed by atoms with E-state index in [4.69, 9.17) is 17.2 Å². The van der Waals surface area contributed by atoms with Crippen molar-refractivity contribution in [2.24, 2.45) is 17.2 Å². The number of carbonyl (C=O) groups is 3. The molecule has 43 heavy (non-hydrogen) atoms. The topological polar surface area (TPSA) is 222 Å². The second kappa shape index (κ2) is 30.2. The molecule has 0 rings (SSSR count). The van der Waals surface area contributed by atoms with Crippen LogP contribution in [0.1, 0.15) is 89.9 Å². The summed E-state index contributed by atoms with van der Waals surface area (Å²) in [7, 11) is 0. The highest BCUT2D eigenvalue weighted by atomic mass is 16.3. The van der Waals surface area contributed by atoms with Crippen molar-refractivity contribution in [3.8, 4) is 0 Å². The van der Waals surface area contributed by atoms with Crippen molar-refractivity contribution in [2.45, 2.75) is 95.5 Å². The summed E-state index contributed by atoms with van der Waals surface area (Å²) in [6.07, 6.45) is 10.0. The fourth-order valence-electron chi connectivity index (χ4n) is 4.38. The number of hydrogen-bond donors (Lipinski definition) is 10. The van der Waals surface area contributed by atoms with Gasteiger partial charge in [0.05, 0.1) is 12.8 Å². The van der Waals surface area contributed by atoms with Crippen LogP contribution in [0.2, 0.25) is 0 Å². The maximum absolute atomic E-state index is 13.0. The Morgan fingerprint density at radius 2 is 0.721 bits per heavy atom. The van der Waals surface area contributed by atoms with Gasteiger partial charge in [-0.3, -0.25) is 14.4 Å². The smallest absolute Gasteiger partial charge is 0.253 e. The molecule has 0 aromatic carbocycles. The van der Waals surface area contributed by atoms with Crippen LogP contribution in [-0.4, -0.2) is 107 Å². The number of rotatable bonds is 32. The van der Waals surface area contributed by atoms with E-state index in [2.05, 4.69) is 31.9 Å². The fraction of sp³-hybridized carbons (Fsp3) is 0.900. The van der Waals surface area contributed by atoms with E-state index in [-0.39, 0.29) is 0 Å². The van der Waals surface area contributed by atoms with E-state index in [0.29, 0.717) is 45.7 Å². The van der Waals surface area contributed by atoms with Crippen LogP contribution in [0.15, 0.2) is 0 Å². The quantitative estimate of drug-likeness (QED) is 0.0423. The second-order valence-electron chi connectivity index (χ2n) is 11.2. The van der Waals surface area contributed by atoms with E-state index in [1.54, 1.807) is 0 Å². The first-order valence-corrected chi connectivity index (χ1v) is 16.7. The largest absolute Gasteiger partial charge is 0.379 e. The molecule has 0 aliphatic carbocycles. The Balaban J connectivity index is 4.58. The lowest BCUT2D eigenvalue weighted by Crippen LogP contribution is -2.52. The highest BCUT2D eigenvalue weighted by molar-refractivity contribution is 5.95. The van der Waals surface area contributed by atoms with Gasteiger partial charge in [0.15, 0.2) is 5.60 Å². The molecule has 254 valence electrons. The number of nitrogens with two attached hydrogens (primary N) is 3. The summed E-state index contributed by atoms with van der Waals surface area (Å²) < 4.78 is 0. The van der Waals surface area contributed by atoms with E-state index < -0.39 is 36.2 Å². The number of hydrogen-bond acceptors (Lipinski definition) is 10. The third-order valence-electron chi connectivity index (χ3n) is 7.02. The highest BCUT2D eigenvalue weighted by Crippen LogP contribution is 2.16. The summed E-state index contributed by atoms with van der Waals surface area (Å²) >= 11 is 0. The molecule has 0 bridgehead atoms. The maximum atomic E-state index is 13.0. The Bertz CT molecular complexity index is 650. The van der Waals surface area contributed by atoms with Gasteiger partial charge < -0.3 is 54.2 Å². The molecular weight excluding hydrogens is 550 g/mol. The van der Waals surface area contributed by atoms with Crippen molar-refractivity contribution in [1.29, 1.82) is 0 Å². The molecule has 0 fully saturated rings. The average Bonchev–Trinajstić information content (AvgIpc) is 2.98. The monoisotopic (exact) mass is 616 g/mol. The molecule has 13 heteroatoms. The molecule has 3 amide bonds. The molecule has 0 aromatic rings. The minimum Gasteiger partial charge on any atom is -0.379 e. The van der Waals surface area contributed by atoms with Gasteiger partial charge in [-0.1, -0.05) is 0 Å². The third kappa shape index (κ3) is 26.3. The third-order valence-corrected chi connectivity index (χ3v) is 7.02. The molecule has 0 heterocycles. The number of nitrogens with one attached hydrogen (secondary N) is 6. The van der Waals surface area contributed by atoms with E-state index >= 15 is 0 Å². The predicted molar refractivity (Wildman–Crippen MR) is 174 cm³/mol. The molecule has 0 unspecified atom stereocenters. The van der Waals surface area contributed by atoms with Crippen molar-refractivity contribution in [2.75, 3.05) is 78.5 Å². The number of amides is 3. The summed E-state index contributed by atoms with van der Waals surface area (Å²) in [5.41, 5.74) is 14.4. The molecule has 0 radical (unpaired) electrons. The zero-order valence-electron chi connectivity index (χ0n) is 26.8. The first-order valence-electron chi connectivity index (χ1n) is 16.7. The number of unbranched alkanes of at least 4 members (excludes halogenated alkanes) is 6. The van der Waals surface area contributed by atoms with Crippen molar-refractivity contribution in [1.82, 2.24) is 31.9 Å². The summed E-state index contributed by atoms with van der Waals surface area (Å²) in [6, 6.07) is 0. The molecule has 0 saturated carbocycles. The summed E-state index contributed by atoms with van der Waals surface area (Å²) in [5, 5.41) is 29.6. The van der Waals surface area contributed by atoms with Gasteiger partial charge in [-0.05, 0) is 136 Å². The molecule has 0 aromatic heterocycles. The Labute approximate surface area is 260 Å². The lowest BCUT2D eigenvalue weighted by Gasteiger charge is -2.26. The van der Waals surface area contributed by atoms with Crippen LogP contribution in [0.3, 0.4) is 0 Å². The lowest BCUT2D eigenvalue weighted by molar-refractivity contribution is -0.149. The van der Waals surface area contributed by atoms with Crippen LogP contribution in [0.25, 0.3) is 0 Å². The molecule has 0 aliphatic rings. The van der Waals surface area contributed by atoms with Crippen LogP contribution < -0.4 is 49.1 Å². The first kappa shape index (κ1) is 41.1. The highest BCUT2D eigenvalue weighted by Gasteiger charge is 2.40. The molecule has 0 saturated heterocycles. The number of aliphatic hydroxyl groups is 1.